The van der Waals surface area contributed by atoms with Gasteiger partial charge in [-0.2, -0.15) is 9.89 Å². The summed E-state index contributed by atoms with van der Waals surface area (Å²) in [5, 5.41) is 39.4. The molecule has 0 aromatic heterocycles. The van der Waals surface area contributed by atoms with E-state index < -0.39 is 37.1 Å². The number of carbonyl (C=O) groups is 1. The molecular formula is C13H16N5O5S+. The van der Waals surface area contributed by atoms with E-state index in [4.69, 9.17) is 22.4 Å². The molecule has 0 aromatic carbocycles. The third-order valence-electron chi connectivity index (χ3n) is 3.89. The van der Waals surface area contributed by atoms with Gasteiger partial charge in [0.05, 0.1) is 6.61 Å². The maximum Gasteiger partial charge on any atom is 0.356 e. The van der Waals surface area contributed by atoms with Crippen molar-refractivity contribution < 1.29 is 29.4 Å². The molecule has 3 heterocycles. The van der Waals surface area contributed by atoms with Crippen LogP contribution in [0.3, 0.4) is 0 Å². The zero-order chi connectivity index (χ0) is 17.6. The minimum absolute atomic E-state index is 0.0467. The number of nitrogens with one attached hydrogen (secondary N) is 2. The van der Waals surface area contributed by atoms with Crippen molar-refractivity contribution in [1.82, 2.24) is 10.2 Å². The Morgan fingerprint density at radius 1 is 1.50 bits per heavy atom. The molecule has 24 heavy (non-hydrogen) atoms. The van der Waals surface area contributed by atoms with Gasteiger partial charge in [-0.15, -0.1) is 0 Å². The number of fused-ring (bicyclic) bond motifs is 1. The molecular weight excluding hydrogens is 338 g/mol. The number of amides is 1. The van der Waals surface area contributed by atoms with Crippen LogP contribution < -0.4 is 5.32 Å². The lowest BCUT2D eigenvalue weighted by Crippen LogP contribution is -2.53. The zero-order valence-electron chi connectivity index (χ0n) is 12.4. The van der Waals surface area contributed by atoms with Gasteiger partial charge in [0.2, 0.25) is 12.2 Å². The molecule has 0 unspecified atom stereocenters. The van der Waals surface area contributed by atoms with Crippen LogP contribution in [0.15, 0.2) is 17.6 Å². The fraction of sp³-hybridized carbons (Fsp3) is 0.462. The Kier molecular flexibility index (Phi) is 4.27. The van der Waals surface area contributed by atoms with Gasteiger partial charge in [0.1, 0.15) is 24.9 Å². The Morgan fingerprint density at radius 2 is 2.21 bits per heavy atom. The average Bonchev–Trinajstić information content (AvgIpc) is 2.96. The third kappa shape index (κ3) is 2.37. The molecule has 3 aliphatic heterocycles. The number of carbonyl (C=O) groups excluding carboxylic acids is 1. The van der Waals surface area contributed by atoms with Crippen LogP contribution in [0, 0.1) is 5.41 Å². The first-order valence-electron chi connectivity index (χ1n) is 7.10. The van der Waals surface area contributed by atoms with E-state index in [0.717, 1.165) is 0 Å². The number of aliphatic hydroxyl groups excluding tert-OH is 3. The molecule has 0 spiro atoms. The maximum atomic E-state index is 12.2. The van der Waals surface area contributed by atoms with Gasteiger partial charge >= 0.3 is 11.0 Å². The van der Waals surface area contributed by atoms with E-state index in [1.54, 1.807) is 0 Å². The zero-order valence-corrected chi connectivity index (χ0v) is 13.2. The number of thiocarbonyl (C=S) groups is 1. The lowest BCUT2D eigenvalue weighted by Gasteiger charge is -2.21. The van der Waals surface area contributed by atoms with Crippen LogP contribution >= 0.6 is 12.2 Å². The monoisotopic (exact) mass is 354 g/mol. The highest BCUT2D eigenvalue weighted by molar-refractivity contribution is 7.80. The van der Waals surface area contributed by atoms with Crippen LogP contribution in [0.2, 0.25) is 0 Å². The Balaban J connectivity index is 2.04. The molecule has 0 saturated carbocycles. The molecule has 1 saturated heterocycles. The van der Waals surface area contributed by atoms with Crippen LogP contribution in [0.4, 0.5) is 0 Å². The number of aliphatic hydroxyl groups is 3. The van der Waals surface area contributed by atoms with Gasteiger partial charge in [0.15, 0.2) is 0 Å². The van der Waals surface area contributed by atoms with E-state index in [9.17, 15) is 20.1 Å². The lowest BCUT2D eigenvalue weighted by atomic mass is 10.1. The van der Waals surface area contributed by atoms with Gasteiger partial charge in [0.25, 0.3) is 11.5 Å². The predicted octanol–water partition coefficient (Wildman–Crippen LogP) is -2.87. The fourth-order valence-corrected chi connectivity index (χ4v) is 3.16. The molecule has 5 N–H and O–H groups in total. The van der Waals surface area contributed by atoms with E-state index >= 15 is 0 Å². The quantitative estimate of drug-likeness (QED) is 0.207. The number of hydrogen-bond acceptors (Lipinski definition) is 7. The van der Waals surface area contributed by atoms with Crippen LogP contribution in [0.25, 0.3) is 0 Å². The van der Waals surface area contributed by atoms with Gasteiger partial charge in [-0.25, -0.2) is 4.58 Å². The van der Waals surface area contributed by atoms with Crippen LogP contribution in [0.1, 0.15) is 0 Å². The maximum absolute atomic E-state index is 12.2. The fourth-order valence-electron chi connectivity index (χ4n) is 2.80. The third-order valence-corrected chi connectivity index (χ3v) is 4.31. The molecule has 11 heteroatoms. The van der Waals surface area contributed by atoms with Crippen molar-refractivity contribution in [3.05, 3.63) is 12.7 Å². The van der Waals surface area contributed by atoms with E-state index in [1.165, 1.54) is 15.6 Å². The number of hydrogen-bond donors (Lipinski definition) is 5. The smallest absolute Gasteiger partial charge is 0.356 e. The second-order valence-corrected chi connectivity index (χ2v) is 5.73. The highest BCUT2D eigenvalue weighted by Crippen LogP contribution is 2.27. The summed E-state index contributed by atoms with van der Waals surface area (Å²) in [6.45, 7) is 3.32. The van der Waals surface area contributed by atoms with E-state index in [-0.39, 0.29) is 29.2 Å². The number of amidine groups is 1. The first kappa shape index (κ1) is 16.8. The molecule has 0 aromatic rings. The summed E-state index contributed by atoms with van der Waals surface area (Å²) in [7, 11) is 0. The van der Waals surface area contributed by atoms with Crippen LogP contribution in [0.5, 0.6) is 0 Å². The largest absolute Gasteiger partial charge is 0.394 e. The molecule has 128 valence electrons. The molecule has 1 fully saturated rings. The van der Waals surface area contributed by atoms with Gasteiger partial charge in [-0.3, -0.25) is 15.5 Å². The SMILES string of the molecule is C=CC[N+]1=C2C(=O)NC(=N)N=C2N([C@@H]2O[C@H](CO)[C@@H](O)[C@H]2O)C1=S. The number of ether oxygens (including phenoxy) is 1. The summed E-state index contributed by atoms with van der Waals surface area (Å²) in [6.07, 6.45) is -3.32. The Morgan fingerprint density at radius 3 is 2.79 bits per heavy atom. The number of aliphatic imine (C=N–C) groups is 1. The van der Waals surface area contributed by atoms with E-state index in [0.29, 0.717) is 0 Å². The molecule has 0 bridgehead atoms. The van der Waals surface area contributed by atoms with Crippen molar-refractivity contribution in [3.8, 4) is 0 Å². The average molecular weight is 354 g/mol. The standard InChI is InChI=1S/C13H15N5O5S/c1-2-3-17-6-9(15-12(14)16-10(6)22)18(13(17)24)11-8(21)7(20)5(4-19)23-11/h2,5,7-8,11,19-21H,1,3-4H2,(H-,14,16,22)/p+1/t5-,7-,8-,11-/m1/s1. The molecule has 0 radical (unpaired) electrons. The van der Waals surface area contributed by atoms with Crippen molar-refractivity contribution in [2.45, 2.75) is 24.5 Å². The minimum atomic E-state index is -1.38. The van der Waals surface area contributed by atoms with Gasteiger partial charge in [-0.05, 0) is 0 Å². The van der Waals surface area contributed by atoms with E-state index in [1.807, 2.05) is 0 Å². The summed E-state index contributed by atoms with van der Waals surface area (Å²) >= 11 is 5.35. The topological polar surface area (TPSA) is 141 Å². The van der Waals surface area contributed by atoms with Crippen LogP contribution in [-0.2, 0) is 9.53 Å². The number of nitrogens with zero attached hydrogens (tertiary/aromatic N) is 3. The number of rotatable bonds is 4. The Hall–Kier alpha value is -2.05. The lowest BCUT2D eigenvalue weighted by molar-refractivity contribution is -0.394. The summed E-state index contributed by atoms with van der Waals surface area (Å²) in [5.41, 5.74) is 0.105. The highest BCUT2D eigenvalue weighted by atomic mass is 32.1. The normalized spacial score (nSPS) is 32.9. The van der Waals surface area contributed by atoms with Crippen molar-refractivity contribution in [1.29, 1.82) is 5.41 Å². The second kappa shape index (κ2) is 6.11. The molecule has 1 amide bonds. The second-order valence-electron chi connectivity index (χ2n) is 5.37. The van der Waals surface area contributed by atoms with Gasteiger partial charge in [0, 0.05) is 12.2 Å². The molecule has 4 atom stereocenters. The van der Waals surface area contributed by atoms with Crippen molar-refractivity contribution >= 4 is 40.7 Å². The first-order valence-corrected chi connectivity index (χ1v) is 7.51. The Labute approximate surface area is 141 Å². The van der Waals surface area contributed by atoms with Crippen molar-refractivity contribution in [2.75, 3.05) is 13.2 Å². The van der Waals surface area contributed by atoms with Crippen molar-refractivity contribution in [2.24, 2.45) is 4.99 Å². The summed E-state index contributed by atoms with van der Waals surface area (Å²) in [6, 6.07) is 0. The predicted molar refractivity (Wildman–Crippen MR) is 85.8 cm³/mol. The highest BCUT2D eigenvalue weighted by Gasteiger charge is 2.58. The van der Waals surface area contributed by atoms with Gasteiger partial charge in [-0.1, -0.05) is 12.7 Å². The molecule has 10 nitrogen and oxygen atoms in total. The van der Waals surface area contributed by atoms with E-state index in [2.05, 4.69) is 16.9 Å². The van der Waals surface area contributed by atoms with Crippen LogP contribution in [-0.4, -0.2) is 91.0 Å². The molecule has 3 rings (SSSR count). The number of guanidine groups is 1. The first-order chi connectivity index (χ1) is 11.4. The summed E-state index contributed by atoms with van der Waals surface area (Å²) < 4.78 is 6.92. The van der Waals surface area contributed by atoms with Gasteiger partial charge < -0.3 is 20.1 Å². The summed E-state index contributed by atoms with van der Waals surface area (Å²) in [5.74, 6) is -0.896. The van der Waals surface area contributed by atoms with Crippen molar-refractivity contribution in [3.63, 3.8) is 0 Å². The minimum Gasteiger partial charge on any atom is -0.394 e. The molecule has 0 aliphatic carbocycles. The Bertz CT molecular complexity index is 705. The summed E-state index contributed by atoms with van der Waals surface area (Å²) in [4.78, 5) is 17.5. The molecule has 3 aliphatic rings.